The van der Waals surface area contributed by atoms with Crippen LogP contribution in [0.15, 0.2) is 36.7 Å². The Bertz CT molecular complexity index is 662. The summed E-state index contributed by atoms with van der Waals surface area (Å²) >= 11 is 0. The Hall–Kier alpha value is -2.32. The maximum absolute atomic E-state index is 13.2. The van der Waals surface area contributed by atoms with E-state index >= 15 is 0 Å². The van der Waals surface area contributed by atoms with Gasteiger partial charge in [0, 0.05) is 13.1 Å². The van der Waals surface area contributed by atoms with Gasteiger partial charge in [-0.3, -0.25) is 19.7 Å². The lowest BCUT2D eigenvalue weighted by atomic mass is 10.2. The second kappa shape index (κ2) is 7.80. The topological polar surface area (TPSA) is 84.4 Å². The van der Waals surface area contributed by atoms with Crippen molar-refractivity contribution in [2.24, 2.45) is 0 Å². The van der Waals surface area contributed by atoms with Gasteiger partial charge in [0.2, 0.25) is 0 Å². The third-order valence-corrected chi connectivity index (χ3v) is 3.44. The molecule has 7 nitrogen and oxygen atoms in total. The summed E-state index contributed by atoms with van der Waals surface area (Å²) in [5, 5.41) is 24.6. The second-order valence-corrected chi connectivity index (χ2v) is 5.29. The molecule has 0 saturated carbocycles. The number of nitrogens with zero attached hydrogens (tertiary/aromatic N) is 4. The molecule has 1 heterocycles. The van der Waals surface area contributed by atoms with E-state index in [2.05, 4.69) is 5.10 Å². The highest BCUT2D eigenvalue weighted by molar-refractivity contribution is 5.20. The highest BCUT2D eigenvalue weighted by Crippen LogP contribution is 2.10. The van der Waals surface area contributed by atoms with Crippen LogP contribution < -0.4 is 0 Å². The fourth-order valence-corrected chi connectivity index (χ4v) is 2.32. The van der Waals surface area contributed by atoms with E-state index in [1.54, 1.807) is 6.07 Å². The van der Waals surface area contributed by atoms with Gasteiger partial charge in [-0.05, 0) is 24.2 Å². The smallest absolute Gasteiger partial charge is 0.306 e. The molecular formula is C15H19FN4O3. The van der Waals surface area contributed by atoms with Crippen LogP contribution in [-0.2, 0) is 13.1 Å². The summed E-state index contributed by atoms with van der Waals surface area (Å²) < 4.78 is 14.6. The van der Waals surface area contributed by atoms with Crippen molar-refractivity contribution >= 4 is 5.69 Å². The fourth-order valence-electron chi connectivity index (χ4n) is 2.32. The number of hydrogen-bond donors (Lipinski definition) is 1. The van der Waals surface area contributed by atoms with Crippen LogP contribution in [0.2, 0.25) is 0 Å². The predicted molar refractivity (Wildman–Crippen MR) is 82.2 cm³/mol. The van der Waals surface area contributed by atoms with Crippen molar-refractivity contribution in [3.63, 3.8) is 0 Å². The number of nitro groups is 1. The molecule has 0 aliphatic rings. The van der Waals surface area contributed by atoms with E-state index < -0.39 is 11.0 Å². The number of hydrogen-bond acceptors (Lipinski definition) is 5. The summed E-state index contributed by atoms with van der Waals surface area (Å²) in [6.07, 6.45) is 1.70. The lowest BCUT2D eigenvalue weighted by Crippen LogP contribution is -2.34. The molecule has 0 saturated heterocycles. The maximum atomic E-state index is 13.2. The van der Waals surface area contributed by atoms with Gasteiger partial charge in [-0.1, -0.05) is 19.1 Å². The molecule has 0 aliphatic carbocycles. The average Bonchev–Trinajstić information content (AvgIpc) is 2.95. The van der Waals surface area contributed by atoms with Crippen molar-refractivity contribution < 1.29 is 14.4 Å². The molecular weight excluding hydrogens is 303 g/mol. The van der Waals surface area contributed by atoms with Crippen molar-refractivity contribution in [1.29, 1.82) is 0 Å². The first-order valence-corrected chi connectivity index (χ1v) is 7.29. The van der Waals surface area contributed by atoms with Gasteiger partial charge in [0.25, 0.3) is 0 Å². The van der Waals surface area contributed by atoms with Gasteiger partial charge in [-0.15, -0.1) is 0 Å². The van der Waals surface area contributed by atoms with Crippen LogP contribution in [0.3, 0.4) is 0 Å². The lowest BCUT2D eigenvalue weighted by molar-refractivity contribution is -0.385. The zero-order valence-electron chi connectivity index (χ0n) is 12.8. The second-order valence-electron chi connectivity index (χ2n) is 5.29. The van der Waals surface area contributed by atoms with Crippen molar-refractivity contribution in [2.75, 3.05) is 13.1 Å². The van der Waals surface area contributed by atoms with Gasteiger partial charge in [0.1, 0.15) is 18.2 Å². The number of aliphatic hydroxyl groups excluding tert-OH is 1. The van der Waals surface area contributed by atoms with Gasteiger partial charge < -0.3 is 5.11 Å². The lowest BCUT2D eigenvalue weighted by Gasteiger charge is -2.23. The number of aromatic nitrogens is 2. The van der Waals surface area contributed by atoms with Crippen molar-refractivity contribution in [3.8, 4) is 0 Å². The Morgan fingerprint density at radius 3 is 2.91 bits per heavy atom. The number of halogens is 1. The van der Waals surface area contributed by atoms with E-state index in [1.807, 2.05) is 17.9 Å². The maximum Gasteiger partial charge on any atom is 0.306 e. The monoisotopic (exact) mass is 322 g/mol. The van der Waals surface area contributed by atoms with E-state index in [0.717, 1.165) is 11.8 Å². The minimum Gasteiger partial charge on any atom is -0.390 e. The standard InChI is InChI=1S/C15H19FN4O3/c1-2-18(8-12-4-3-5-13(16)6-12)10-15(21)11-19-9-14(7-17-19)20(22)23/h3-7,9,15,21H,2,8,10-11H2,1H3. The van der Waals surface area contributed by atoms with Crippen LogP contribution in [0.5, 0.6) is 0 Å². The van der Waals surface area contributed by atoms with Crippen molar-refractivity contribution in [2.45, 2.75) is 26.1 Å². The Labute approximate surface area is 133 Å². The van der Waals surface area contributed by atoms with E-state index in [9.17, 15) is 19.6 Å². The Morgan fingerprint density at radius 1 is 1.52 bits per heavy atom. The molecule has 2 aromatic rings. The van der Waals surface area contributed by atoms with Gasteiger partial charge in [-0.2, -0.15) is 5.10 Å². The summed E-state index contributed by atoms with van der Waals surface area (Å²) in [5.41, 5.74) is 0.720. The molecule has 124 valence electrons. The third kappa shape index (κ3) is 5.11. The van der Waals surface area contributed by atoms with Gasteiger partial charge in [0.05, 0.1) is 17.6 Å². The summed E-state index contributed by atoms with van der Waals surface area (Å²) in [4.78, 5) is 12.0. The summed E-state index contributed by atoms with van der Waals surface area (Å²) in [6.45, 7) is 3.68. The molecule has 1 aromatic heterocycles. The van der Waals surface area contributed by atoms with E-state index in [1.165, 1.54) is 23.0 Å². The molecule has 1 N–H and O–H groups in total. The van der Waals surface area contributed by atoms with E-state index in [-0.39, 0.29) is 18.0 Å². The molecule has 0 radical (unpaired) electrons. The first kappa shape index (κ1) is 17.0. The number of aliphatic hydroxyl groups is 1. The molecule has 0 amide bonds. The third-order valence-electron chi connectivity index (χ3n) is 3.44. The predicted octanol–water partition coefficient (Wildman–Crippen LogP) is 1.81. The van der Waals surface area contributed by atoms with Crippen LogP contribution in [0.1, 0.15) is 12.5 Å². The zero-order chi connectivity index (χ0) is 16.8. The Kier molecular flexibility index (Phi) is 5.78. The first-order valence-electron chi connectivity index (χ1n) is 7.29. The van der Waals surface area contributed by atoms with Crippen molar-refractivity contribution in [3.05, 3.63) is 58.2 Å². The largest absolute Gasteiger partial charge is 0.390 e. The number of likely N-dealkylation sites (N-methyl/N-ethyl adjacent to an activating group) is 1. The van der Waals surface area contributed by atoms with Crippen LogP contribution in [0.25, 0.3) is 0 Å². The van der Waals surface area contributed by atoms with Gasteiger partial charge >= 0.3 is 5.69 Å². The molecule has 0 aliphatic heterocycles. The first-order chi connectivity index (χ1) is 11.0. The molecule has 0 bridgehead atoms. The molecule has 1 aromatic carbocycles. The Balaban J connectivity index is 1.91. The van der Waals surface area contributed by atoms with Crippen molar-refractivity contribution in [1.82, 2.24) is 14.7 Å². The molecule has 0 fully saturated rings. The molecule has 1 unspecified atom stereocenters. The summed E-state index contributed by atoms with van der Waals surface area (Å²) in [5.74, 6) is -0.289. The van der Waals surface area contributed by atoms with E-state index in [4.69, 9.17) is 0 Å². The van der Waals surface area contributed by atoms with E-state index in [0.29, 0.717) is 19.6 Å². The minimum absolute atomic E-state index is 0.107. The normalized spacial score (nSPS) is 12.5. The molecule has 1 atom stereocenters. The van der Waals surface area contributed by atoms with Gasteiger partial charge in [-0.25, -0.2) is 4.39 Å². The highest BCUT2D eigenvalue weighted by atomic mass is 19.1. The summed E-state index contributed by atoms with van der Waals surface area (Å²) in [6, 6.07) is 6.33. The summed E-state index contributed by atoms with van der Waals surface area (Å²) in [7, 11) is 0. The van der Waals surface area contributed by atoms with Crippen LogP contribution >= 0.6 is 0 Å². The van der Waals surface area contributed by atoms with Crippen LogP contribution in [0, 0.1) is 15.9 Å². The number of benzene rings is 1. The molecule has 2 rings (SSSR count). The highest BCUT2D eigenvalue weighted by Gasteiger charge is 2.15. The SMILES string of the molecule is CCN(Cc1cccc(F)c1)CC(O)Cn1cc([N+](=O)[O-])cn1. The van der Waals surface area contributed by atoms with Gasteiger partial charge in [0.15, 0.2) is 0 Å². The average molecular weight is 322 g/mol. The van der Waals surface area contributed by atoms with Crippen LogP contribution in [0.4, 0.5) is 10.1 Å². The van der Waals surface area contributed by atoms with Crippen LogP contribution in [-0.4, -0.2) is 43.9 Å². The molecule has 0 spiro atoms. The molecule has 23 heavy (non-hydrogen) atoms. The quantitative estimate of drug-likeness (QED) is 0.592. The Morgan fingerprint density at radius 2 is 2.30 bits per heavy atom. The zero-order valence-corrected chi connectivity index (χ0v) is 12.8. The minimum atomic E-state index is -0.733. The fraction of sp³-hybridized carbons (Fsp3) is 0.400. The number of rotatable bonds is 8. The molecule has 8 heteroatoms.